The number of thioether (sulfide) groups is 2. The van der Waals surface area contributed by atoms with Crippen LogP contribution in [0.1, 0.15) is 66.4 Å². The van der Waals surface area contributed by atoms with Crippen LogP contribution < -0.4 is 5.32 Å². The molecule has 3 atom stereocenters. The van der Waals surface area contributed by atoms with Crippen molar-refractivity contribution < 1.29 is 19.4 Å². The summed E-state index contributed by atoms with van der Waals surface area (Å²) in [6.45, 7) is 4.61. The lowest BCUT2D eigenvalue weighted by atomic mass is 9.93. The molecule has 2 aromatic carbocycles. The van der Waals surface area contributed by atoms with Gasteiger partial charge in [0, 0.05) is 42.3 Å². The highest BCUT2D eigenvalue weighted by Gasteiger charge is 2.34. The van der Waals surface area contributed by atoms with Crippen molar-refractivity contribution in [1.29, 1.82) is 0 Å². The zero-order valence-electron chi connectivity index (χ0n) is 24.1. The predicted octanol–water partition coefficient (Wildman–Crippen LogP) is 6.25. The SMILES string of the molecule is COC[C@H]1C[C@H](SC2CCCCC2)CN1Cc1ccc(C(=O)N[C@@H](CCSC)C(=O)O)c(-c2ccccc2C)c1. The molecule has 1 aliphatic carbocycles. The van der Waals surface area contributed by atoms with Crippen molar-refractivity contribution >= 4 is 35.4 Å². The number of likely N-dealkylation sites (tertiary alicyclic amines) is 1. The van der Waals surface area contributed by atoms with Crippen molar-refractivity contribution in [3.8, 4) is 11.1 Å². The summed E-state index contributed by atoms with van der Waals surface area (Å²) in [5.74, 6) is -0.685. The highest BCUT2D eigenvalue weighted by atomic mass is 32.2. The van der Waals surface area contributed by atoms with E-state index in [0.29, 0.717) is 29.0 Å². The van der Waals surface area contributed by atoms with Gasteiger partial charge in [-0.2, -0.15) is 23.5 Å². The van der Waals surface area contributed by atoms with Gasteiger partial charge in [-0.3, -0.25) is 9.69 Å². The molecule has 2 aromatic rings. The molecule has 6 nitrogen and oxygen atoms in total. The summed E-state index contributed by atoms with van der Waals surface area (Å²) >= 11 is 3.77. The smallest absolute Gasteiger partial charge is 0.326 e. The van der Waals surface area contributed by atoms with Crippen LogP contribution in [-0.4, -0.2) is 76.7 Å². The Balaban J connectivity index is 1.56. The number of hydrogen-bond acceptors (Lipinski definition) is 6. The third-order valence-electron chi connectivity index (χ3n) is 8.15. The Morgan fingerprint density at radius 2 is 1.88 bits per heavy atom. The second kappa shape index (κ2) is 15.3. The minimum atomic E-state index is -1.00. The first-order chi connectivity index (χ1) is 19.4. The molecule has 4 rings (SSSR count). The predicted molar refractivity (Wildman–Crippen MR) is 167 cm³/mol. The van der Waals surface area contributed by atoms with Crippen LogP contribution in [0.2, 0.25) is 0 Å². The molecule has 1 saturated carbocycles. The van der Waals surface area contributed by atoms with Crippen molar-refractivity contribution in [1.82, 2.24) is 10.2 Å². The number of nitrogens with zero attached hydrogens (tertiary/aromatic N) is 1. The van der Waals surface area contributed by atoms with Crippen LogP contribution in [-0.2, 0) is 16.1 Å². The first kappa shape index (κ1) is 30.9. The highest BCUT2D eigenvalue weighted by molar-refractivity contribution is 8.00. The summed E-state index contributed by atoms with van der Waals surface area (Å²) in [4.78, 5) is 27.8. The van der Waals surface area contributed by atoms with Crippen molar-refractivity contribution in [3.05, 3.63) is 59.2 Å². The number of ether oxygens (including phenoxy) is 1. The molecule has 40 heavy (non-hydrogen) atoms. The first-order valence-electron chi connectivity index (χ1n) is 14.5. The maximum Gasteiger partial charge on any atom is 0.326 e. The number of methoxy groups -OCH3 is 1. The van der Waals surface area contributed by atoms with E-state index < -0.39 is 12.0 Å². The number of aliphatic carboxylic acids is 1. The number of hydrogen-bond donors (Lipinski definition) is 2. The molecule has 2 aliphatic rings. The summed E-state index contributed by atoms with van der Waals surface area (Å²) < 4.78 is 5.62. The lowest BCUT2D eigenvalue weighted by molar-refractivity contribution is -0.139. The third kappa shape index (κ3) is 8.28. The number of aryl methyl sites for hydroxylation is 1. The van der Waals surface area contributed by atoms with E-state index in [1.54, 1.807) is 18.9 Å². The Bertz CT molecular complexity index is 1140. The molecule has 0 bridgehead atoms. The van der Waals surface area contributed by atoms with Crippen molar-refractivity contribution in [2.75, 3.05) is 32.3 Å². The molecule has 1 amide bonds. The second-order valence-corrected chi connectivity index (χ2v) is 13.7. The van der Waals surface area contributed by atoms with E-state index in [0.717, 1.165) is 53.6 Å². The normalized spacial score (nSPS) is 20.9. The molecule has 2 fully saturated rings. The fourth-order valence-electron chi connectivity index (χ4n) is 6.02. The second-order valence-electron chi connectivity index (χ2n) is 11.1. The number of carboxylic acid groups (broad SMARTS) is 1. The van der Waals surface area contributed by atoms with Gasteiger partial charge in [-0.1, -0.05) is 49.6 Å². The molecule has 1 aliphatic heterocycles. The molecule has 8 heteroatoms. The maximum absolute atomic E-state index is 13.4. The van der Waals surface area contributed by atoms with Crippen LogP contribution in [0, 0.1) is 6.92 Å². The van der Waals surface area contributed by atoms with Crippen molar-refractivity contribution in [2.24, 2.45) is 0 Å². The molecule has 218 valence electrons. The van der Waals surface area contributed by atoms with Gasteiger partial charge in [-0.15, -0.1) is 0 Å². The Morgan fingerprint density at radius 3 is 2.58 bits per heavy atom. The lowest BCUT2D eigenvalue weighted by Gasteiger charge is -2.25. The monoisotopic (exact) mass is 584 g/mol. The molecule has 1 saturated heterocycles. The van der Waals surface area contributed by atoms with E-state index in [4.69, 9.17) is 4.74 Å². The van der Waals surface area contributed by atoms with E-state index in [1.807, 2.05) is 49.6 Å². The molecule has 1 heterocycles. The van der Waals surface area contributed by atoms with Gasteiger partial charge in [0.05, 0.1) is 6.61 Å². The number of carbonyl (C=O) groups excluding carboxylic acids is 1. The van der Waals surface area contributed by atoms with Gasteiger partial charge in [0.15, 0.2) is 0 Å². The first-order valence-corrected chi connectivity index (χ1v) is 16.8. The van der Waals surface area contributed by atoms with Gasteiger partial charge in [0.25, 0.3) is 5.91 Å². The average molecular weight is 585 g/mol. The zero-order valence-corrected chi connectivity index (χ0v) is 25.7. The van der Waals surface area contributed by atoms with Gasteiger partial charge in [0.1, 0.15) is 6.04 Å². The molecular weight excluding hydrogens is 540 g/mol. The molecule has 0 aromatic heterocycles. The van der Waals surface area contributed by atoms with Crippen LogP contribution in [0.3, 0.4) is 0 Å². The number of rotatable bonds is 13. The topological polar surface area (TPSA) is 78.9 Å². The maximum atomic E-state index is 13.4. The van der Waals surface area contributed by atoms with Crippen molar-refractivity contribution in [2.45, 2.75) is 81.0 Å². The third-order valence-corrected chi connectivity index (χ3v) is 10.4. The Labute approximate surface area is 248 Å². The van der Waals surface area contributed by atoms with E-state index in [9.17, 15) is 14.7 Å². The van der Waals surface area contributed by atoms with Crippen LogP contribution in [0.5, 0.6) is 0 Å². The fraction of sp³-hybridized carbons (Fsp3) is 0.562. The minimum Gasteiger partial charge on any atom is -0.480 e. The summed E-state index contributed by atoms with van der Waals surface area (Å²) in [6, 6.07) is 13.5. The van der Waals surface area contributed by atoms with Crippen LogP contribution >= 0.6 is 23.5 Å². The molecule has 0 spiro atoms. The lowest BCUT2D eigenvalue weighted by Crippen LogP contribution is -2.41. The molecular formula is C32H44N2O4S2. The zero-order chi connectivity index (χ0) is 28.5. The van der Waals surface area contributed by atoms with Crippen LogP contribution in [0.4, 0.5) is 0 Å². The van der Waals surface area contributed by atoms with Crippen LogP contribution in [0.15, 0.2) is 42.5 Å². The molecule has 0 unspecified atom stereocenters. The molecule has 0 radical (unpaired) electrons. The van der Waals surface area contributed by atoms with Gasteiger partial charge in [0.2, 0.25) is 0 Å². The van der Waals surface area contributed by atoms with Crippen molar-refractivity contribution in [3.63, 3.8) is 0 Å². The number of carbonyl (C=O) groups is 2. The van der Waals surface area contributed by atoms with Gasteiger partial charge >= 0.3 is 5.97 Å². The summed E-state index contributed by atoms with van der Waals surface area (Å²) in [5.41, 5.74) is 4.57. The standard InChI is InChI=1S/C32H44N2O4S2/c1-22-9-7-8-12-27(22)29-17-23(13-14-28(29)31(35)33-30(32(36)37)15-16-39-3)19-34-20-26(18-24(34)21-38-2)40-25-10-5-4-6-11-25/h7-9,12-14,17,24-26,30H,4-6,10-11,15-16,18-21H2,1-3H3,(H,33,35)(H,36,37)/t24-,26+,30+/m1/s1. The Hall–Kier alpha value is -2.00. The average Bonchev–Trinajstić information content (AvgIpc) is 3.31. The summed E-state index contributed by atoms with van der Waals surface area (Å²) in [7, 11) is 1.78. The largest absolute Gasteiger partial charge is 0.480 e. The quantitative estimate of drug-likeness (QED) is 0.288. The van der Waals surface area contributed by atoms with E-state index in [2.05, 4.69) is 28.0 Å². The van der Waals surface area contributed by atoms with E-state index in [-0.39, 0.29) is 5.91 Å². The number of amides is 1. The van der Waals surface area contributed by atoms with Gasteiger partial charge in [-0.05, 0) is 79.0 Å². The molecule has 2 N–H and O–H groups in total. The fourth-order valence-corrected chi connectivity index (χ4v) is 8.25. The number of nitrogens with one attached hydrogen (secondary N) is 1. The highest BCUT2D eigenvalue weighted by Crippen LogP contribution is 2.37. The Kier molecular flexibility index (Phi) is 11.8. The van der Waals surface area contributed by atoms with E-state index in [1.165, 1.54) is 32.1 Å². The summed E-state index contributed by atoms with van der Waals surface area (Å²) in [6.07, 6.45) is 10.3. The number of carboxylic acids is 1. The van der Waals surface area contributed by atoms with Gasteiger partial charge < -0.3 is 15.2 Å². The Morgan fingerprint density at radius 1 is 1.10 bits per heavy atom. The summed E-state index contributed by atoms with van der Waals surface area (Å²) in [5, 5.41) is 13.9. The van der Waals surface area contributed by atoms with E-state index >= 15 is 0 Å². The number of benzene rings is 2. The van der Waals surface area contributed by atoms with Gasteiger partial charge in [-0.25, -0.2) is 4.79 Å². The minimum absolute atomic E-state index is 0.347. The van der Waals surface area contributed by atoms with Crippen LogP contribution in [0.25, 0.3) is 11.1 Å².